The first-order chi connectivity index (χ1) is 10.2. The van der Waals surface area contributed by atoms with E-state index in [-0.39, 0.29) is 12.6 Å². The number of nitrogens with zero attached hydrogens (tertiary/aromatic N) is 2. The Bertz CT molecular complexity index is 439. The molecular formula is C16H25N3O2. The van der Waals surface area contributed by atoms with E-state index in [1.807, 2.05) is 4.90 Å². The lowest BCUT2D eigenvalue weighted by atomic mass is 10.1. The molecule has 1 aromatic carbocycles. The van der Waals surface area contributed by atoms with Crippen molar-refractivity contribution in [1.82, 2.24) is 15.1 Å². The first-order valence-corrected chi connectivity index (χ1v) is 7.60. The zero-order valence-corrected chi connectivity index (χ0v) is 12.7. The number of rotatable bonds is 5. The maximum absolute atomic E-state index is 12.1. The first kappa shape index (κ1) is 15.8. The van der Waals surface area contributed by atoms with Gasteiger partial charge < -0.3 is 15.3 Å². The van der Waals surface area contributed by atoms with E-state index in [0.29, 0.717) is 13.1 Å². The Hall–Kier alpha value is -1.59. The number of nitrogens with one attached hydrogen (secondary N) is 1. The summed E-state index contributed by atoms with van der Waals surface area (Å²) in [6, 6.07) is 8.42. The molecule has 5 heteroatoms. The lowest BCUT2D eigenvalue weighted by Gasteiger charge is -2.34. The van der Waals surface area contributed by atoms with E-state index in [9.17, 15) is 4.79 Å². The van der Waals surface area contributed by atoms with Gasteiger partial charge in [0.05, 0.1) is 6.61 Å². The molecule has 1 saturated heterocycles. The summed E-state index contributed by atoms with van der Waals surface area (Å²) in [7, 11) is 0. The fourth-order valence-corrected chi connectivity index (χ4v) is 2.50. The number of carbonyl (C=O) groups excluding carboxylic acids is 1. The van der Waals surface area contributed by atoms with Crippen LogP contribution < -0.4 is 5.32 Å². The van der Waals surface area contributed by atoms with Crippen LogP contribution in [0.1, 0.15) is 11.1 Å². The molecule has 0 spiro atoms. The number of amides is 2. The molecule has 0 atom stereocenters. The van der Waals surface area contributed by atoms with Gasteiger partial charge in [0, 0.05) is 39.3 Å². The Balaban J connectivity index is 1.67. The molecule has 21 heavy (non-hydrogen) atoms. The van der Waals surface area contributed by atoms with Crippen molar-refractivity contribution in [3.8, 4) is 0 Å². The molecule has 0 aromatic heterocycles. The monoisotopic (exact) mass is 291 g/mol. The molecule has 5 nitrogen and oxygen atoms in total. The van der Waals surface area contributed by atoms with Crippen LogP contribution in [0.2, 0.25) is 0 Å². The van der Waals surface area contributed by atoms with Crippen molar-refractivity contribution in [2.45, 2.75) is 13.3 Å². The number of aryl methyl sites for hydroxylation is 1. The number of piperazine rings is 1. The summed E-state index contributed by atoms with van der Waals surface area (Å²) < 4.78 is 0. The molecule has 1 aromatic rings. The third kappa shape index (κ3) is 5.02. The molecule has 2 rings (SSSR count). The first-order valence-electron chi connectivity index (χ1n) is 7.60. The predicted octanol–water partition coefficient (Wildman–Crippen LogP) is 0.857. The quantitative estimate of drug-likeness (QED) is 0.846. The summed E-state index contributed by atoms with van der Waals surface area (Å²) in [6.45, 7) is 6.76. The summed E-state index contributed by atoms with van der Waals surface area (Å²) in [5.74, 6) is 0. The summed E-state index contributed by atoms with van der Waals surface area (Å²) in [5.41, 5.74) is 2.50. The third-order valence-corrected chi connectivity index (χ3v) is 3.89. The average Bonchev–Trinajstić information content (AvgIpc) is 2.50. The zero-order chi connectivity index (χ0) is 15.1. The maximum atomic E-state index is 12.1. The molecular weight excluding hydrogens is 266 g/mol. The summed E-state index contributed by atoms with van der Waals surface area (Å²) in [4.78, 5) is 16.1. The van der Waals surface area contributed by atoms with Crippen LogP contribution in [0, 0.1) is 6.92 Å². The number of carbonyl (C=O) groups is 1. The number of β-amino-alcohol motifs (C(OH)–C–C–N with tert-alkyl or cyclic N) is 1. The van der Waals surface area contributed by atoms with E-state index in [4.69, 9.17) is 5.11 Å². The molecule has 1 fully saturated rings. The van der Waals surface area contributed by atoms with E-state index in [1.165, 1.54) is 11.1 Å². The summed E-state index contributed by atoms with van der Waals surface area (Å²) in [6.07, 6.45) is 0.858. The minimum absolute atomic E-state index is 0.0192. The second kappa shape index (κ2) is 8.00. The molecule has 2 N–H and O–H groups in total. The molecule has 0 radical (unpaired) electrons. The minimum Gasteiger partial charge on any atom is -0.395 e. The maximum Gasteiger partial charge on any atom is 0.317 e. The highest BCUT2D eigenvalue weighted by Crippen LogP contribution is 2.04. The molecule has 0 aliphatic carbocycles. The van der Waals surface area contributed by atoms with E-state index >= 15 is 0 Å². The van der Waals surface area contributed by atoms with Gasteiger partial charge in [-0.3, -0.25) is 4.90 Å². The average molecular weight is 291 g/mol. The van der Waals surface area contributed by atoms with Crippen LogP contribution in [0.3, 0.4) is 0 Å². The van der Waals surface area contributed by atoms with Crippen molar-refractivity contribution in [3.05, 3.63) is 35.4 Å². The number of urea groups is 1. The number of hydrogen-bond donors (Lipinski definition) is 2. The second-order valence-electron chi connectivity index (χ2n) is 5.52. The smallest absolute Gasteiger partial charge is 0.317 e. The normalized spacial score (nSPS) is 16.0. The van der Waals surface area contributed by atoms with Gasteiger partial charge >= 0.3 is 6.03 Å². The van der Waals surface area contributed by atoms with Gasteiger partial charge in [0.2, 0.25) is 0 Å². The highest BCUT2D eigenvalue weighted by atomic mass is 16.3. The van der Waals surface area contributed by atoms with Crippen molar-refractivity contribution < 1.29 is 9.90 Å². The number of aliphatic hydroxyl groups is 1. The van der Waals surface area contributed by atoms with E-state index in [0.717, 1.165) is 32.6 Å². The summed E-state index contributed by atoms with van der Waals surface area (Å²) in [5, 5.41) is 11.9. The van der Waals surface area contributed by atoms with Gasteiger partial charge in [-0.05, 0) is 18.9 Å². The second-order valence-corrected chi connectivity index (χ2v) is 5.52. The molecule has 0 unspecified atom stereocenters. The third-order valence-electron chi connectivity index (χ3n) is 3.89. The zero-order valence-electron chi connectivity index (χ0n) is 12.7. The molecule has 116 valence electrons. The number of aliphatic hydroxyl groups excluding tert-OH is 1. The van der Waals surface area contributed by atoms with Gasteiger partial charge in [-0.1, -0.05) is 29.8 Å². The van der Waals surface area contributed by atoms with Gasteiger partial charge in [0.1, 0.15) is 0 Å². The summed E-state index contributed by atoms with van der Waals surface area (Å²) >= 11 is 0. The van der Waals surface area contributed by atoms with Gasteiger partial charge in [-0.2, -0.15) is 0 Å². The molecule has 1 heterocycles. The molecule has 2 amide bonds. The van der Waals surface area contributed by atoms with Gasteiger partial charge in [0.15, 0.2) is 0 Å². The fourth-order valence-electron chi connectivity index (χ4n) is 2.50. The molecule has 0 bridgehead atoms. The van der Waals surface area contributed by atoms with Crippen LogP contribution in [-0.2, 0) is 6.42 Å². The molecule has 1 aliphatic heterocycles. The number of hydrogen-bond acceptors (Lipinski definition) is 3. The van der Waals surface area contributed by atoms with Crippen molar-refractivity contribution in [2.75, 3.05) is 45.9 Å². The van der Waals surface area contributed by atoms with Crippen molar-refractivity contribution >= 4 is 6.03 Å². The van der Waals surface area contributed by atoms with Crippen molar-refractivity contribution in [3.63, 3.8) is 0 Å². The van der Waals surface area contributed by atoms with E-state index in [1.54, 1.807) is 0 Å². The van der Waals surface area contributed by atoms with E-state index < -0.39 is 0 Å². The van der Waals surface area contributed by atoms with Crippen molar-refractivity contribution in [2.24, 2.45) is 0 Å². The lowest BCUT2D eigenvalue weighted by molar-refractivity contribution is 0.122. The van der Waals surface area contributed by atoms with Crippen LogP contribution in [0.5, 0.6) is 0 Å². The predicted molar refractivity (Wildman–Crippen MR) is 83.4 cm³/mol. The highest BCUT2D eigenvalue weighted by Gasteiger charge is 2.20. The minimum atomic E-state index is 0.0192. The van der Waals surface area contributed by atoms with Gasteiger partial charge in [-0.15, -0.1) is 0 Å². The Morgan fingerprint density at radius 3 is 2.48 bits per heavy atom. The van der Waals surface area contributed by atoms with Gasteiger partial charge in [0.25, 0.3) is 0 Å². The SMILES string of the molecule is Cc1ccc(CCNC(=O)N2CCN(CCO)CC2)cc1. The molecule has 0 saturated carbocycles. The lowest BCUT2D eigenvalue weighted by Crippen LogP contribution is -2.52. The fraction of sp³-hybridized carbons (Fsp3) is 0.562. The van der Waals surface area contributed by atoms with Crippen LogP contribution in [0.25, 0.3) is 0 Å². The highest BCUT2D eigenvalue weighted by molar-refractivity contribution is 5.74. The topological polar surface area (TPSA) is 55.8 Å². The van der Waals surface area contributed by atoms with Crippen LogP contribution >= 0.6 is 0 Å². The Morgan fingerprint density at radius 1 is 1.19 bits per heavy atom. The molecule has 1 aliphatic rings. The standard InChI is InChI=1S/C16H25N3O2/c1-14-2-4-15(5-3-14)6-7-17-16(21)19-10-8-18(9-11-19)12-13-20/h2-5,20H,6-13H2,1H3,(H,17,21). The van der Waals surface area contributed by atoms with Crippen LogP contribution in [0.4, 0.5) is 4.79 Å². The van der Waals surface area contributed by atoms with Crippen LogP contribution in [0.15, 0.2) is 24.3 Å². The Labute approximate surface area is 126 Å². The Kier molecular flexibility index (Phi) is 6.02. The van der Waals surface area contributed by atoms with E-state index in [2.05, 4.69) is 41.4 Å². The largest absolute Gasteiger partial charge is 0.395 e. The van der Waals surface area contributed by atoms with Gasteiger partial charge in [-0.25, -0.2) is 4.79 Å². The Morgan fingerprint density at radius 2 is 1.86 bits per heavy atom. The number of benzene rings is 1. The van der Waals surface area contributed by atoms with Crippen LogP contribution in [-0.4, -0.2) is 66.8 Å². The van der Waals surface area contributed by atoms with Crippen molar-refractivity contribution in [1.29, 1.82) is 0 Å².